The van der Waals surface area contributed by atoms with E-state index >= 15 is 0 Å². The Hall–Kier alpha value is -0.170. The van der Waals surface area contributed by atoms with E-state index in [-0.39, 0.29) is 11.9 Å². The van der Waals surface area contributed by atoms with Crippen LogP contribution in [0.3, 0.4) is 0 Å². The summed E-state index contributed by atoms with van der Waals surface area (Å²) >= 11 is 0. The van der Waals surface area contributed by atoms with Crippen LogP contribution in [-0.2, 0) is 14.8 Å². The third kappa shape index (κ3) is 4.01. The summed E-state index contributed by atoms with van der Waals surface area (Å²) in [6.45, 7) is 4.06. The highest BCUT2D eigenvalue weighted by atomic mass is 32.2. The first-order chi connectivity index (χ1) is 7.60. The minimum atomic E-state index is -3.10. The molecule has 0 bridgehead atoms. The first-order valence-electron chi connectivity index (χ1n) is 5.89. The molecule has 16 heavy (non-hydrogen) atoms. The van der Waals surface area contributed by atoms with Crippen molar-refractivity contribution in [3.8, 4) is 0 Å². The number of unbranched alkanes of at least 4 members (excludes halogenated alkanes) is 1. The summed E-state index contributed by atoms with van der Waals surface area (Å²) in [6.07, 6.45) is 2.32. The van der Waals surface area contributed by atoms with Crippen molar-refractivity contribution in [3.63, 3.8) is 0 Å². The van der Waals surface area contributed by atoms with Crippen LogP contribution < -0.4 is 5.73 Å². The number of ether oxygens (including phenoxy) is 1. The van der Waals surface area contributed by atoms with Crippen molar-refractivity contribution in [2.75, 3.05) is 32.0 Å². The number of nitrogens with two attached hydrogens (primary N) is 1. The minimum Gasteiger partial charge on any atom is -0.375 e. The Morgan fingerprint density at radius 3 is 2.81 bits per heavy atom. The summed E-state index contributed by atoms with van der Waals surface area (Å²) in [7, 11) is -3.10. The zero-order valence-electron chi connectivity index (χ0n) is 9.89. The van der Waals surface area contributed by atoms with Crippen LogP contribution in [0.25, 0.3) is 0 Å². The lowest BCUT2D eigenvalue weighted by Gasteiger charge is -2.31. The molecule has 1 fully saturated rings. The first kappa shape index (κ1) is 13.9. The second kappa shape index (κ2) is 6.54. The molecule has 0 spiro atoms. The molecule has 1 rings (SSSR count). The van der Waals surface area contributed by atoms with Crippen LogP contribution in [0.5, 0.6) is 0 Å². The van der Waals surface area contributed by atoms with E-state index in [1.807, 2.05) is 6.92 Å². The van der Waals surface area contributed by atoms with Crippen LogP contribution in [0, 0.1) is 0 Å². The zero-order valence-corrected chi connectivity index (χ0v) is 10.7. The third-order valence-electron chi connectivity index (χ3n) is 2.81. The molecule has 0 aliphatic carbocycles. The smallest absolute Gasteiger partial charge is 0.214 e. The highest BCUT2D eigenvalue weighted by molar-refractivity contribution is 7.89. The number of sulfonamides is 1. The van der Waals surface area contributed by atoms with Gasteiger partial charge in [-0.1, -0.05) is 6.92 Å². The van der Waals surface area contributed by atoms with E-state index in [0.29, 0.717) is 32.7 Å². The number of nitrogens with zero attached hydrogens (tertiary/aromatic N) is 1. The normalized spacial score (nSPS) is 23.5. The van der Waals surface area contributed by atoms with Crippen LogP contribution >= 0.6 is 0 Å². The van der Waals surface area contributed by atoms with E-state index in [2.05, 4.69) is 0 Å². The molecule has 1 unspecified atom stereocenters. The quantitative estimate of drug-likeness (QED) is 0.682. The number of rotatable bonds is 6. The van der Waals surface area contributed by atoms with Gasteiger partial charge in [-0.05, 0) is 25.8 Å². The van der Waals surface area contributed by atoms with E-state index in [9.17, 15) is 8.42 Å². The molecule has 0 amide bonds. The van der Waals surface area contributed by atoms with Gasteiger partial charge < -0.3 is 10.5 Å². The number of hydrogen-bond donors (Lipinski definition) is 1. The molecule has 1 aliphatic rings. The fourth-order valence-corrected chi connectivity index (χ4v) is 3.32. The van der Waals surface area contributed by atoms with Crippen molar-refractivity contribution < 1.29 is 13.2 Å². The van der Waals surface area contributed by atoms with E-state index < -0.39 is 10.0 Å². The van der Waals surface area contributed by atoms with Gasteiger partial charge in [0.15, 0.2) is 0 Å². The van der Waals surface area contributed by atoms with E-state index in [1.165, 1.54) is 0 Å². The molecule has 2 N–H and O–H groups in total. The maximum absolute atomic E-state index is 12.0. The Kier molecular flexibility index (Phi) is 5.68. The molecule has 1 saturated heterocycles. The highest BCUT2D eigenvalue weighted by Crippen LogP contribution is 2.13. The van der Waals surface area contributed by atoms with Crippen molar-refractivity contribution >= 4 is 10.0 Å². The molecule has 5 nitrogen and oxygen atoms in total. The van der Waals surface area contributed by atoms with Gasteiger partial charge in [0.2, 0.25) is 10.0 Å². The fourth-order valence-electron chi connectivity index (χ4n) is 1.75. The average molecular weight is 250 g/mol. The molecule has 0 aromatic rings. The topological polar surface area (TPSA) is 72.6 Å². The van der Waals surface area contributed by atoms with Gasteiger partial charge in [-0.3, -0.25) is 0 Å². The molecule has 0 saturated carbocycles. The Morgan fingerprint density at radius 1 is 1.44 bits per heavy atom. The zero-order chi connectivity index (χ0) is 12.0. The molecule has 0 aromatic heterocycles. The van der Waals surface area contributed by atoms with E-state index in [0.717, 1.165) is 12.8 Å². The van der Waals surface area contributed by atoms with Crippen LogP contribution in [-0.4, -0.2) is 50.8 Å². The maximum Gasteiger partial charge on any atom is 0.214 e. The minimum absolute atomic E-state index is 0.0537. The second-order valence-electron chi connectivity index (χ2n) is 4.07. The fraction of sp³-hybridized carbons (Fsp3) is 1.00. The summed E-state index contributed by atoms with van der Waals surface area (Å²) in [5.41, 5.74) is 5.35. The van der Waals surface area contributed by atoms with Gasteiger partial charge in [0.05, 0.1) is 18.5 Å². The Bertz CT molecular complexity index is 292. The van der Waals surface area contributed by atoms with Crippen LogP contribution in [0.2, 0.25) is 0 Å². The Labute approximate surface area is 98.0 Å². The van der Waals surface area contributed by atoms with Crippen molar-refractivity contribution in [2.24, 2.45) is 5.73 Å². The van der Waals surface area contributed by atoms with E-state index in [1.54, 1.807) is 4.31 Å². The number of morpholine rings is 1. The predicted octanol–water partition coefficient (Wildman–Crippen LogP) is 0.166. The van der Waals surface area contributed by atoms with Gasteiger partial charge in [-0.25, -0.2) is 8.42 Å². The molecule has 1 heterocycles. The van der Waals surface area contributed by atoms with Gasteiger partial charge in [-0.2, -0.15) is 4.31 Å². The van der Waals surface area contributed by atoms with Crippen molar-refractivity contribution in [2.45, 2.75) is 32.3 Å². The van der Waals surface area contributed by atoms with Crippen LogP contribution in [0.1, 0.15) is 26.2 Å². The molecular weight excluding hydrogens is 228 g/mol. The molecule has 1 atom stereocenters. The van der Waals surface area contributed by atoms with Crippen LogP contribution in [0.15, 0.2) is 0 Å². The summed E-state index contributed by atoms with van der Waals surface area (Å²) in [6, 6.07) is 0. The first-order valence-corrected chi connectivity index (χ1v) is 7.50. The molecule has 96 valence electrons. The standard InChI is InChI=1S/C10H22N2O3S/c1-2-10-9-12(6-7-15-10)16(13,14)8-4-3-5-11/h10H,2-9,11H2,1H3. The van der Waals surface area contributed by atoms with Crippen molar-refractivity contribution in [3.05, 3.63) is 0 Å². The largest absolute Gasteiger partial charge is 0.375 e. The molecule has 0 aromatic carbocycles. The van der Waals surface area contributed by atoms with Gasteiger partial charge in [0.1, 0.15) is 0 Å². The van der Waals surface area contributed by atoms with Crippen molar-refractivity contribution in [1.82, 2.24) is 4.31 Å². The number of hydrogen-bond acceptors (Lipinski definition) is 4. The summed E-state index contributed by atoms with van der Waals surface area (Å²) < 4.78 is 30.9. The van der Waals surface area contributed by atoms with Gasteiger partial charge >= 0.3 is 0 Å². The Balaban J connectivity index is 2.47. The molecule has 6 heteroatoms. The van der Waals surface area contributed by atoms with Crippen LogP contribution in [0.4, 0.5) is 0 Å². The van der Waals surface area contributed by atoms with Gasteiger partial charge in [0.25, 0.3) is 0 Å². The van der Waals surface area contributed by atoms with Crippen molar-refractivity contribution in [1.29, 1.82) is 0 Å². The second-order valence-corrected chi connectivity index (χ2v) is 6.16. The van der Waals surface area contributed by atoms with Gasteiger partial charge in [0, 0.05) is 13.1 Å². The maximum atomic E-state index is 12.0. The predicted molar refractivity (Wildman–Crippen MR) is 63.7 cm³/mol. The summed E-state index contributed by atoms with van der Waals surface area (Å²) in [5.74, 6) is 0.209. The third-order valence-corrected chi connectivity index (χ3v) is 4.73. The Morgan fingerprint density at radius 2 is 2.19 bits per heavy atom. The molecule has 0 radical (unpaired) electrons. The summed E-state index contributed by atoms with van der Waals surface area (Å²) in [5, 5.41) is 0. The SMILES string of the molecule is CCC1CN(S(=O)(=O)CCCCN)CCO1. The lowest BCUT2D eigenvalue weighted by Crippen LogP contribution is -2.46. The molecular formula is C10H22N2O3S. The lowest BCUT2D eigenvalue weighted by atomic mass is 10.2. The average Bonchev–Trinajstić information content (AvgIpc) is 2.29. The monoisotopic (exact) mass is 250 g/mol. The van der Waals surface area contributed by atoms with Gasteiger partial charge in [-0.15, -0.1) is 0 Å². The highest BCUT2D eigenvalue weighted by Gasteiger charge is 2.27. The molecule has 1 aliphatic heterocycles. The lowest BCUT2D eigenvalue weighted by molar-refractivity contribution is -0.00277. The van der Waals surface area contributed by atoms with E-state index in [4.69, 9.17) is 10.5 Å². The summed E-state index contributed by atoms with van der Waals surface area (Å²) in [4.78, 5) is 0.